The molecule has 3 saturated heterocycles. The molecular formula is C37H41F4N7O4. The van der Waals surface area contributed by atoms with E-state index >= 15 is 0 Å². The largest absolute Gasteiger partial charge is 0.481 e. The molecule has 1 spiro atoms. The number of alkyl halides is 3. The first-order valence-electron chi connectivity index (χ1n) is 17.7. The summed E-state index contributed by atoms with van der Waals surface area (Å²) >= 11 is 0. The molecule has 52 heavy (non-hydrogen) atoms. The Bertz CT molecular complexity index is 2030. The summed E-state index contributed by atoms with van der Waals surface area (Å²) in [5.41, 5.74) is 3.91. The number of hydrogen-bond donors (Lipinski definition) is 1. The lowest BCUT2D eigenvalue weighted by Crippen LogP contribution is -2.62. The maximum Gasteiger partial charge on any atom is 0.422 e. The molecule has 0 bridgehead atoms. The summed E-state index contributed by atoms with van der Waals surface area (Å²) in [7, 11) is 1.99. The number of hydrogen-bond acceptors (Lipinski definition) is 9. The molecule has 0 radical (unpaired) electrons. The van der Waals surface area contributed by atoms with Gasteiger partial charge >= 0.3 is 12.2 Å². The average molecular weight is 724 g/mol. The van der Waals surface area contributed by atoms with E-state index < -0.39 is 24.5 Å². The van der Waals surface area contributed by atoms with E-state index in [1.807, 2.05) is 32.2 Å². The highest BCUT2D eigenvalue weighted by Gasteiger charge is 2.47. The fraction of sp³-hybridized carbons (Fsp3) is 0.514. The number of aryl methyl sites for hydroxylation is 1. The highest BCUT2D eigenvalue weighted by molar-refractivity contribution is 6.06. The second-order valence-corrected chi connectivity index (χ2v) is 14.7. The number of piperidine rings is 1. The van der Waals surface area contributed by atoms with E-state index in [0.29, 0.717) is 69.0 Å². The molecule has 2 aromatic carbocycles. The van der Waals surface area contributed by atoms with Crippen LogP contribution in [0.2, 0.25) is 0 Å². The molecule has 2 aromatic heterocycles. The number of amides is 1. The molecule has 1 aliphatic carbocycles. The van der Waals surface area contributed by atoms with E-state index in [-0.39, 0.29) is 41.3 Å². The lowest BCUT2D eigenvalue weighted by molar-refractivity contribution is -0.153. The predicted molar refractivity (Wildman–Crippen MR) is 186 cm³/mol. The van der Waals surface area contributed by atoms with E-state index in [1.165, 1.54) is 4.90 Å². The van der Waals surface area contributed by atoms with Crippen molar-refractivity contribution in [2.75, 3.05) is 71.1 Å². The molecule has 15 heteroatoms. The van der Waals surface area contributed by atoms with Crippen LogP contribution in [0.3, 0.4) is 0 Å². The first-order chi connectivity index (χ1) is 24.9. The highest BCUT2D eigenvalue weighted by atomic mass is 19.4. The zero-order valence-corrected chi connectivity index (χ0v) is 29.2. The highest BCUT2D eigenvalue weighted by Crippen LogP contribution is 2.53. The van der Waals surface area contributed by atoms with Crippen molar-refractivity contribution < 1.29 is 36.6 Å². The van der Waals surface area contributed by atoms with Gasteiger partial charge in [0.05, 0.1) is 31.0 Å². The molecule has 8 rings (SSSR count). The van der Waals surface area contributed by atoms with Gasteiger partial charge in [0, 0.05) is 54.5 Å². The fourth-order valence-corrected chi connectivity index (χ4v) is 7.92. The second-order valence-electron chi connectivity index (χ2n) is 14.7. The molecule has 0 unspecified atom stereocenters. The van der Waals surface area contributed by atoms with E-state index in [0.717, 1.165) is 47.0 Å². The number of morpholine rings is 1. The minimum atomic E-state index is -4.61. The number of nitrogens with zero attached hydrogens (tertiary/aromatic N) is 6. The number of aromatic nitrogens is 4. The first-order valence-corrected chi connectivity index (χ1v) is 17.7. The summed E-state index contributed by atoms with van der Waals surface area (Å²) in [6, 6.07) is 5.83. The van der Waals surface area contributed by atoms with Gasteiger partial charge in [0.25, 0.3) is 5.91 Å². The van der Waals surface area contributed by atoms with Gasteiger partial charge in [-0.1, -0.05) is 12.6 Å². The number of carbonyl (C=O) groups excluding carboxylic acids is 1. The third kappa shape index (κ3) is 6.53. The number of likely N-dealkylation sites (tertiary alicyclic amines) is 1. The fourth-order valence-electron chi connectivity index (χ4n) is 7.92. The van der Waals surface area contributed by atoms with Gasteiger partial charge in [0.1, 0.15) is 17.9 Å². The smallest absolute Gasteiger partial charge is 0.422 e. The van der Waals surface area contributed by atoms with Gasteiger partial charge in [-0.3, -0.25) is 14.8 Å². The van der Waals surface area contributed by atoms with Crippen LogP contribution in [0.15, 0.2) is 36.8 Å². The van der Waals surface area contributed by atoms with Crippen molar-refractivity contribution in [3.63, 3.8) is 0 Å². The van der Waals surface area contributed by atoms with Gasteiger partial charge in [-0.2, -0.15) is 28.2 Å². The third-order valence-electron chi connectivity index (χ3n) is 11.0. The number of likely N-dealkylation sites (N-methyl/N-ethyl adjacent to an activating group) is 1. The molecule has 1 amide bonds. The molecule has 4 aromatic rings. The number of rotatable bonds is 9. The van der Waals surface area contributed by atoms with Crippen molar-refractivity contribution in [1.82, 2.24) is 30.0 Å². The molecule has 11 nitrogen and oxygen atoms in total. The van der Waals surface area contributed by atoms with Gasteiger partial charge in [0.2, 0.25) is 0 Å². The Labute approximate surface area is 297 Å². The number of carbonyl (C=O) groups is 1. The number of nitrogens with one attached hydrogen (secondary N) is 1. The standard InChI is InChI=1S/C37H41F4N7O4/c1-21-4-7-28-27(15-42-45-28)29(21)30-25(23-5-6-23)14-26-31(32(30)52-20-37(39,40)41)43-35(51-17-24-16-50-13-12-46(24)3)44-33(26)47-10-8-36(9-11-47)18-48(19-36)34(49)22(2)38/h4,7,14-15,23-24H,2,5-6,8-13,16-20H2,1,3H3,(H,42,45)/t24-/m0/s1. The number of anilines is 1. The molecule has 4 aliphatic rings. The quantitative estimate of drug-likeness (QED) is 0.166. The maximum absolute atomic E-state index is 14.0. The molecule has 5 heterocycles. The number of benzene rings is 2. The van der Waals surface area contributed by atoms with Crippen molar-refractivity contribution in [2.45, 2.75) is 50.7 Å². The van der Waals surface area contributed by atoms with Crippen LogP contribution < -0.4 is 14.4 Å². The van der Waals surface area contributed by atoms with Gasteiger partial charge in [0.15, 0.2) is 18.2 Å². The third-order valence-corrected chi connectivity index (χ3v) is 11.0. The Morgan fingerprint density at radius 2 is 1.87 bits per heavy atom. The summed E-state index contributed by atoms with van der Waals surface area (Å²) in [5.74, 6) is -0.939. The summed E-state index contributed by atoms with van der Waals surface area (Å²) in [5, 5.41) is 8.60. The Morgan fingerprint density at radius 1 is 1.10 bits per heavy atom. The van der Waals surface area contributed by atoms with Crippen LogP contribution >= 0.6 is 0 Å². The molecule has 1 saturated carbocycles. The normalized spacial score (nSPS) is 20.8. The Kier molecular flexibility index (Phi) is 8.76. The van der Waals surface area contributed by atoms with Gasteiger partial charge in [-0.15, -0.1) is 0 Å². The molecule has 276 valence electrons. The SMILES string of the molecule is C=C(F)C(=O)N1CC2(CCN(c3nc(OC[C@@H]4COCCN4C)nc4c(OCC(F)(F)F)c(-c5c(C)ccc6[nH]ncc56)c(C5CC5)cc34)CC2)C1. The van der Waals surface area contributed by atoms with Crippen LogP contribution in [0.4, 0.5) is 23.4 Å². The van der Waals surface area contributed by atoms with E-state index in [2.05, 4.69) is 26.6 Å². The van der Waals surface area contributed by atoms with Gasteiger partial charge < -0.3 is 24.0 Å². The van der Waals surface area contributed by atoms with Crippen molar-refractivity contribution >= 4 is 33.5 Å². The van der Waals surface area contributed by atoms with Crippen LogP contribution in [-0.2, 0) is 9.53 Å². The summed E-state index contributed by atoms with van der Waals surface area (Å²) < 4.78 is 73.4. The first kappa shape index (κ1) is 34.6. The number of H-pyrrole nitrogens is 1. The predicted octanol–water partition coefficient (Wildman–Crippen LogP) is 5.92. The Balaban J connectivity index is 1.26. The minimum absolute atomic E-state index is 0.0313. The number of aromatic amines is 1. The van der Waals surface area contributed by atoms with Gasteiger partial charge in [-0.25, -0.2) is 4.39 Å². The van der Waals surface area contributed by atoms with Gasteiger partial charge in [-0.05, 0) is 74.4 Å². The number of fused-ring (bicyclic) bond motifs is 2. The summed E-state index contributed by atoms with van der Waals surface area (Å²) in [4.78, 5) is 27.7. The van der Waals surface area contributed by atoms with Crippen molar-refractivity contribution in [3.8, 4) is 22.9 Å². The lowest BCUT2D eigenvalue weighted by atomic mass is 9.72. The lowest BCUT2D eigenvalue weighted by Gasteiger charge is -2.54. The zero-order valence-electron chi connectivity index (χ0n) is 29.2. The Hall–Kier alpha value is -4.50. The van der Waals surface area contributed by atoms with E-state index in [1.54, 1.807) is 6.20 Å². The van der Waals surface area contributed by atoms with E-state index in [4.69, 9.17) is 24.2 Å². The van der Waals surface area contributed by atoms with Crippen molar-refractivity contribution in [2.24, 2.45) is 5.41 Å². The monoisotopic (exact) mass is 723 g/mol. The molecule has 3 aliphatic heterocycles. The van der Waals surface area contributed by atoms with E-state index in [9.17, 15) is 22.4 Å². The average Bonchev–Trinajstić information content (AvgIpc) is 3.84. The number of ether oxygens (including phenoxy) is 3. The van der Waals surface area contributed by atoms with Crippen LogP contribution in [0.25, 0.3) is 32.9 Å². The minimum Gasteiger partial charge on any atom is -0.481 e. The van der Waals surface area contributed by atoms with Crippen LogP contribution in [0.5, 0.6) is 11.8 Å². The van der Waals surface area contributed by atoms with Crippen LogP contribution in [-0.4, -0.2) is 114 Å². The second kappa shape index (κ2) is 13.2. The topological polar surface area (TPSA) is 109 Å². The molecule has 4 fully saturated rings. The number of halogens is 4. The van der Waals surface area contributed by atoms with Crippen LogP contribution in [0, 0.1) is 12.3 Å². The molecular weight excluding hydrogens is 682 g/mol. The summed E-state index contributed by atoms with van der Waals surface area (Å²) in [6.07, 6.45) is 0.293. The van der Waals surface area contributed by atoms with Crippen molar-refractivity contribution in [3.05, 3.63) is 47.9 Å². The summed E-state index contributed by atoms with van der Waals surface area (Å²) in [6.45, 7) is 7.63. The maximum atomic E-state index is 14.0. The van der Waals surface area contributed by atoms with Crippen LogP contribution in [0.1, 0.15) is 42.7 Å². The Morgan fingerprint density at radius 3 is 2.56 bits per heavy atom. The molecule has 1 N–H and O–H groups in total. The van der Waals surface area contributed by atoms with Crippen molar-refractivity contribution in [1.29, 1.82) is 0 Å². The zero-order chi connectivity index (χ0) is 36.4. The molecule has 1 atom stereocenters.